The molecule has 16 heteroatoms. The Morgan fingerprint density at radius 1 is 1.18 bits per heavy atom. The van der Waals surface area contributed by atoms with Gasteiger partial charge in [-0.05, 0) is 19.8 Å². The number of aliphatic hydroxyl groups excluding tert-OH is 4. The molecule has 7 atom stereocenters. The van der Waals surface area contributed by atoms with Gasteiger partial charge in [0.1, 0.15) is 30.5 Å². The van der Waals surface area contributed by atoms with Gasteiger partial charge in [0.2, 0.25) is 0 Å². The zero-order chi connectivity index (χ0) is 24.9. The van der Waals surface area contributed by atoms with Gasteiger partial charge in [0, 0.05) is 13.0 Å². The molecule has 0 aromatic carbocycles. The Hall–Kier alpha value is -1.72. The van der Waals surface area contributed by atoms with Crippen molar-refractivity contribution in [3.63, 3.8) is 0 Å². The molecule has 11 N–H and O–H groups in total. The Labute approximate surface area is 193 Å². The minimum atomic E-state index is -4.78. The molecule has 13 nitrogen and oxygen atoms in total. The minimum Gasteiger partial charge on any atom is -1.00 e. The second kappa shape index (κ2) is 12.7. The van der Waals surface area contributed by atoms with E-state index in [1.165, 1.54) is 6.92 Å². The van der Waals surface area contributed by atoms with Gasteiger partial charge in [-0.15, -0.1) is 0 Å². The second-order valence-electron chi connectivity index (χ2n) is 7.55. The molecular weight excluding hydrogens is 480 g/mol. The molecule has 1 rings (SSSR count). The highest BCUT2D eigenvalue weighted by molar-refractivity contribution is 5.85. The fourth-order valence-corrected chi connectivity index (χ4v) is 2.93. The predicted molar refractivity (Wildman–Crippen MR) is 98.7 cm³/mol. The first-order valence-electron chi connectivity index (χ1n) is 9.78. The summed E-state index contributed by atoms with van der Waals surface area (Å²) >= 11 is 0. The number of carboxylic acid groups (broad SMARTS) is 1. The third-order valence-electron chi connectivity index (χ3n) is 5.07. The molecule has 7 unspecified atom stereocenters. The number of hydrogen-bond donors (Lipinski definition) is 9. The molecule has 1 aliphatic rings. The predicted octanol–water partition coefficient (Wildman–Crippen LogP) is -7.73. The smallest absolute Gasteiger partial charge is 0.379 e. The number of amides is 2. The number of quaternary nitrogens is 1. The fraction of sp³-hybridized carbons (Fsp3) is 0.824. The van der Waals surface area contributed by atoms with Crippen LogP contribution in [0.25, 0.3) is 0 Å². The number of ether oxygens (including phenoxy) is 1. The van der Waals surface area contributed by atoms with E-state index in [9.17, 15) is 43.6 Å². The molecule has 1 fully saturated rings. The molecule has 1 heterocycles. The first kappa shape index (κ1) is 31.3. The molecule has 0 aromatic heterocycles. The Balaban J connectivity index is 0.0000102. The van der Waals surface area contributed by atoms with Crippen LogP contribution >= 0.6 is 0 Å². The van der Waals surface area contributed by atoms with E-state index in [0.717, 1.165) is 0 Å². The number of unbranched alkanes of at least 4 members (excludes halogenated alkanes) is 1. The fourth-order valence-electron chi connectivity index (χ4n) is 2.93. The van der Waals surface area contributed by atoms with E-state index in [1.807, 2.05) is 5.32 Å². The van der Waals surface area contributed by atoms with Gasteiger partial charge < -0.3 is 64.2 Å². The van der Waals surface area contributed by atoms with E-state index in [-0.39, 0.29) is 38.2 Å². The number of carboxylic acids is 1. The number of rotatable bonds is 11. The quantitative estimate of drug-likeness (QED) is 0.119. The summed E-state index contributed by atoms with van der Waals surface area (Å²) in [6, 6.07) is -1.93. The Morgan fingerprint density at radius 3 is 2.27 bits per heavy atom. The number of nitrogens with one attached hydrogen (secondary N) is 2. The van der Waals surface area contributed by atoms with Gasteiger partial charge in [0.05, 0.1) is 6.61 Å². The van der Waals surface area contributed by atoms with Crippen LogP contribution in [-0.2, 0) is 19.1 Å². The third kappa shape index (κ3) is 7.13. The SMILES string of the molecule is CC(NC(=O)C([NH3+])CCCCNC(=O)C(F)(F)C1(O)OC(CO)C(O)C(O)C1O)C(=O)O.[Cl-]. The lowest BCUT2D eigenvalue weighted by atomic mass is 9.88. The number of aliphatic hydroxyl groups is 5. The molecular formula is C17H30ClF2N3O10. The van der Waals surface area contributed by atoms with E-state index in [4.69, 9.17) is 10.2 Å². The first-order chi connectivity index (χ1) is 14.7. The highest BCUT2D eigenvalue weighted by Crippen LogP contribution is 2.39. The van der Waals surface area contributed by atoms with Gasteiger partial charge >= 0.3 is 11.9 Å². The van der Waals surface area contributed by atoms with Crippen LogP contribution < -0.4 is 28.8 Å². The van der Waals surface area contributed by atoms with Crippen molar-refractivity contribution in [2.45, 2.75) is 74.4 Å². The first-order valence-corrected chi connectivity index (χ1v) is 9.78. The van der Waals surface area contributed by atoms with E-state index >= 15 is 0 Å². The molecule has 0 aromatic rings. The van der Waals surface area contributed by atoms with Crippen molar-refractivity contribution < 1.29 is 76.7 Å². The Kier molecular flexibility index (Phi) is 12.0. The number of carbonyl (C=O) groups excluding carboxylic acids is 2. The maximum atomic E-state index is 14.5. The Morgan fingerprint density at radius 2 is 1.76 bits per heavy atom. The number of hydrogen-bond acceptors (Lipinski definition) is 9. The molecule has 0 bridgehead atoms. The largest absolute Gasteiger partial charge is 1.00 e. The molecule has 1 aliphatic heterocycles. The summed E-state index contributed by atoms with van der Waals surface area (Å²) < 4.78 is 33.6. The summed E-state index contributed by atoms with van der Waals surface area (Å²) in [7, 11) is 0. The van der Waals surface area contributed by atoms with Crippen LogP contribution in [0.5, 0.6) is 0 Å². The van der Waals surface area contributed by atoms with Gasteiger partial charge in [-0.1, -0.05) is 0 Å². The lowest BCUT2D eigenvalue weighted by Gasteiger charge is -2.47. The van der Waals surface area contributed by atoms with Crippen molar-refractivity contribution in [3.05, 3.63) is 0 Å². The monoisotopic (exact) mass is 509 g/mol. The lowest BCUT2D eigenvalue weighted by Crippen LogP contribution is -3.00. The molecule has 1 saturated heterocycles. The van der Waals surface area contributed by atoms with E-state index in [1.54, 1.807) is 0 Å². The average molecular weight is 510 g/mol. The molecule has 33 heavy (non-hydrogen) atoms. The molecule has 0 saturated carbocycles. The summed E-state index contributed by atoms with van der Waals surface area (Å²) in [5.74, 6) is -12.6. The summed E-state index contributed by atoms with van der Waals surface area (Å²) in [6.45, 7) is -0.142. The van der Waals surface area contributed by atoms with Crippen LogP contribution in [0.3, 0.4) is 0 Å². The summed E-state index contributed by atoms with van der Waals surface area (Å²) in [5.41, 5.74) is 3.58. The van der Waals surface area contributed by atoms with Crippen molar-refractivity contribution >= 4 is 17.8 Å². The van der Waals surface area contributed by atoms with Gasteiger partial charge in [-0.3, -0.25) is 14.4 Å². The van der Waals surface area contributed by atoms with Crippen molar-refractivity contribution in [2.24, 2.45) is 0 Å². The number of alkyl halides is 2. The zero-order valence-corrected chi connectivity index (χ0v) is 18.4. The van der Waals surface area contributed by atoms with Gasteiger partial charge in [0.25, 0.3) is 17.6 Å². The van der Waals surface area contributed by atoms with Crippen molar-refractivity contribution in [1.29, 1.82) is 0 Å². The third-order valence-corrected chi connectivity index (χ3v) is 5.07. The van der Waals surface area contributed by atoms with E-state index < -0.39 is 72.6 Å². The second-order valence-corrected chi connectivity index (χ2v) is 7.55. The minimum absolute atomic E-state index is 0. The number of carbonyl (C=O) groups is 3. The van der Waals surface area contributed by atoms with Crippen LogP contribution in [0.1, 0.15) is 26.2 Å². The van der Waals surface area contributed by atoms with Crippen LogP contribution in [0.15, 0.2) is 0 Å². The van der Waals surface area contributed by atoms with Gasteiger partial charge in [0.15, 0.2) is 6.04 Å². The van der Waals surface area contributed by atoms with Crippen LogP contribution in [-0.4, -0.2) is 110 Å². The topological polar surface area (TPSA) is 234 Å². The number of halogens is 3. The van der Waals surface area contributed by atoms with Crippen LogP contribution in [0.2, 0.25) is 0 Å². The molecule has 0 radical (unpaired) electrons. The zero-order valence-electron chi connectivity index (χ0n) is 17.7. The standard InChI is InChI=1S/C17H29F2N3O10.ClH/c1-7(14(28)29)22-13(27)8(20)4-2-3-5-21-15(30)16(18,19)17(31)12(26)11(25)10(24)9(6-23)32-17;/h7-12,23-26,31H,2-6,20H2,1H3,(H,21,30)(H,22,27)(H,28,29);1H. The summed E-state index contributed by atoms with van der Waals surface area (Å²) in [4.78, 5) is 34.4. The van der Waals surface area contributed by atoms with Crippen molar-refractivity contribution in [3.8, 4) is 0 Å². The summed E-state index contributed by atoms with van der Waals surface area (Å²) in [6.07, 6.45) is -8.44. The number of aliphatic carboxylic acids is 1. The normalized spacial score (nSPS) is 29.4. The van der Waals surface area contributed by atoms with E-state index in [2.05, 4.69) is 15.8 Å². The van der Waals surface area contributed by atoms with Crippen LogP contribution in [0, 0.1) is 0 Å². The molecule has 194 valence electrons. The van der Waals surface area contributed by atoms with Crippen LogP contribution in [0.4, 0.5) is 8.78 Å². The van der Waals surface area contributed by atoms with Crippen molar-refractivity contribution in [2.75, 3.05) is 13.2 Å². The summed E-state index contributed by atoms with van der Waals surface area (Å²) in [5, 5.41) is 61.0. The van der Waals surface area contributed by atoms with Crippen molar-refractivity contribution in [1.82, 2.24) is 10.6 Å². The maximum Gasteiger partial charge on any atom is 0.379 e. The maximum absolute atomic E-state index is 14.5. The van der Waals surface area contributed by atoms with Gasteiger partial charge in [-0.25, -0.2) is 0 Å². The average Bonchev–Trinajstić information content (AvgIpc) is 2.73. The highest BCUT2D eigenvalue weighted by atomic mass is 35.5. The molecule has 0 spiro atoms. The highest BCUT2D eigenvalue weighted by Gasteiger charge is 2.69. The van der Waals surface area contributed by atoms with Gasteiger partial charge in [-0.2, -0.15) is 8.78 Å². The molecule has 0 aliphatic carbocycles. The molecule has 2 amide bonds. The van der Waals surface area contributed by atoms with E-state index in [0.29, 0.717) is 0 Å². The lowest BCUT2D eigenvalue weighted by molar-refractivity contribution is -0.405. The Bertz CT molecular complexity index is 689.